The summed E-state index contributed by atoms with van der Waals surface area (Å²) in [6.07, 6.45) is 0. The van der Waals surface area contributed by atoms with Crippen LogP contribution in [0, 0.1) is 0 Å². The molecule has 238 valence electrons. The number of aromatic nitrogens is 3. The first-order valence-corrected chi connectivity index (χ1v) is 17.1. The van der Waals surface area contributed by atoms with Crippen LogP contribution < -0.4 is 0 Å². The molecule has 0 aliphatic rings. The lowest BCUT2D eigenvalue weighted by Crippen LogP contribution is -2.00. The first-order chi connectivity index (χ1) is 25.2. The molecule has 51 heavy (non-hydrogen) atoms. The van der Waals surface area contributed by atoms with Crippen molar-refractivity contribution in [1.82, 2.24) is 15.0 Å². The molecule has 10 aromatic rings. The van der Waals surface area contributed by atoms with Gasteiger partial charge in [0, 0.05) is 21.9 Å². The van der Waals surface area contributed by atoms with E-state index >= 15 is 0 Å². The summed E-state index contributed by atoms with van der Waals surface area (Å²) in [5, 5.41) is 6.81. The van der Waals surface area contributed by atoms with E-state index in [1.165, 1.54) is 16.2 Å². The second kappa shape index (κ2) is 11.9. The molecule has 0 bridgehead atoms. The Morgan fingerprint density at radius 2 is 0.843 bits per heavy atom. The molecule has 0 fully saturated rings. The molecule has 0 amide bonds. The third-order valence-corrected chi connectivity index (χ3v) is 9.72. The molecule has 0 radical (unpaired) electrons. The van der Waals surface area contributed by atoms with Gasteiger partial charge in [0.05, 0.1) is 5.56 Å². The molecule has 0 saturated carbocycles. The minimum atomic E-state index is 0.565. The molecule has 0 saturated heterocycles. The van der Waals surface area contributed by atoms with Crippen molar-refractivity contribution < 1.29 is 4.42 Å². The van der Waals surface area contributed by atoms with E-state index < -0.39 is 0 Å². The highest BCUT2D eigenvalue weighted by molar-refractivity contribution is 6.10. The predicted molar refractivity (Wildman–Crippen MR) is 209 cm³/mol. The number of rotatable bonds is 5. The van der Waals surface area contributed by atoms with Crippen molar-refractivity contribution in [3.05, 3.63) is 176 Å². The van der Waals surface area contributed by atoms with Gasteiger partial charge in [-0.15, -0.1) is 0 Å². The van der Waals surface area contributed by atoms with Crippen LogP contribution in [0.5, 0.6) is 0 Å². The van der Waals surface area contributed by atoms with Crippen LogP contribution in [-0.4, -0.2) is 15.0 Å². The second-order valence-electron chi connectivity index (χ2n) is 12.9. The predicted octanol–water partition coefficient (Wildman–Crippen LogP) is 12.4. The summed E-state index contributed by atoms with van der Waals surface area (Å²) in [6, 6.07) is 61.2. The first kappa shape index (κ1) is 29.0. The fourth-order valence-corrected chi connectivity index (χ4v) is 7.05. The molecule has 10 rings (SSSR count). The van der Waals surface area contributed by atoms with Gasteiger partial charge in [-0.2, -0.15) is 0 Å². The second-order valence-corrected chi connectivity index (χ2v) is 12.9. The summed E-state index contributed by atoms with van der Waals surface area (Å²) in [6.45, 7) is 0. The van der Waals surface area contributed by atoms with Crippen molar-refractivity contribution in [2.45, 2.75) is 0 Å². The van der Waals surface area contributed by atoms with Gasteiger partial charge in [-0.1, -0.05) is 146 Å². The zero-order valence-electron chi connectivity index (χ0n) is 27.5. The molecule has 4 nitrogen and oxygen atoms in total. The lowest BCUT2D eigenvalue weighted by molar-refractivity contribution is 0.669. The zero-order chi connectivity index (χ0) is 33.7. The molecule has 2 heterocycles. The van der Waals surface area contributed by atoms with Crippen molar-refractivity contribution in [1.29, 1.82) is 0 Å². The Balaban J connectivity index is 1.12. The fraction of sp³-hybridized carbons (Fsp3) is 0. The van der Waals surface area contributed by atoms with Crippen LogP contribution in [0.3, 0.4) is 0 Å². The summed E-state index contributed by atoms with van der Waals surface area (Å²) in [7, 11) is 0. The monoisotopic (exact) mass is 651 g/mol. The average Bonchev–Trinajstić information content (AvgIpc) is 3.59. The van der Waals surface area contributed by atoms with Crippen molar-refractivity contribution in [2.24, 2.45) is 0 Å². The lowest BCUT2D eigenvalue weighted by atomic mass is 10.00. The van der Waals surface area contributed by atoms with Crippen LogP contribution in [0.2, 0.25) is 0 Å². The molecule has 0 atom stereocenters. The normalized spacial score (nSPS) is 11.5. The van der Waals surface area contributed by atoms with Gasteiger partial charge in [-0.25, -0.2) is 15.0 Å². The number of hydrogen-bond donors (Lipinski definition) is 0. The number of fused-ring (bicyclic) bond motifs is 5. The van der Waals surface area contributed by atoms with Gasteiger partial charge in [-0.3, -0.25) is 0 Å². The Labute approximate surface area is 294 Å². The molecule has 0 aliphatic heterocycles. The summed E-state index contributed by atoms with van der Waals surface area (Å²) in [5.74, 6) is 1.78. The van der Waals surface area contributed by atoms with Gasteiger partial charge >= 0.3 is 0 Å². The van der Waals surface area contributed by atoms with E-state index in [1.807, 2.05) is 12.1 Å². The summed E-state index contributed by atoms with van der Waals surface area (Å²) >= 11 is 0. The van der Waals surface area contributed by atoms with E-state index in [1.54, 1.807) is 0 Å². The smallest absolute Gasteiger partial charge is 0.167 e. The third-order valence-electron chi connectivity index (χ3n) is 9.72. The molecular formula is C47H29N3O. The quantitative estimate of drug-likeness (QED) is 0.186. The van der Waals surface area contributed by atoms with Crippen LogP contribution in [0.25, 0.3) is 99.9 Å². The van der Waals surface area contributed by atoms with Crippen LogP contribution in [-0.2, 0) is 0 Å². The van der Waals surface area contributed by atoms with E-state index in [0.717, 1.165) is 66.3 Å². The van der Waals surface area contributed by atoms with Crippen molar-refractivity contribution in [3.63, 3.8) is 0 Å². The standard InChI is InChI=1S/C47H29N3O/c1-2-9-30(10-3-1)33-17-21-34(22-18-33)45-48-46(39-24-20-32-12-5-7-14-36(32)28-39)50-47(49-45)42-16-8-15-41-40-26-25-38(29-43(40)51-44(41)42)37-23-19-31-11-4-6-13-35(31)27-37/h1-29H. The van der Waals surface area contributed by atoms with Crippen LogP contribution >= 0.6 is 0 Å². The molecule has 0 unspecified atom stereocenters. The summed E-state index contributed by atoms with van der Waals surface area (Å²) in [4.78, 5) is 15.2. The van der Waals surface area contributed by atoms with Crippen LogP contribution in [0.4, 0.5) is 0 Å². The van der Waals surface area contributed by atoms with Gasteiger partial charge in [0.15, 0.2) is 17.5 Å². The van der Waals surface area contributed by atoms with Crippen molar-refractivity contribution in [2.75, 3.05) is 0 Å². The average molecular weight is 652 g/mol. The van der Waals surface area contributed by atoms with Crippen LogP contribution in [0.15, 0.2) is 180 Å². The molecule has 8 aromatic carbocycles. The third kappa shape index (κ3) is 5.22. The molecule has 0 spiro atoms. The number of benzene rings is 8. The van der Waals surface area contributed by atoms with Crippen molar-refractivity contribution in [3.8, 4) is 56.4 Å². The van der Waals surface area contributed by atoms with E-state index in [-0.39, 0.29) is 0 Å². The van der Waals surface area contributed by atoms with Gasteiger partial charge in [0.25, 0.3) is 0 Å². The number of furan rings is 1. The van der Waals surface area contributed by atoms with Gasteiger partial charge in [0.2, 0.25) is 0 Å². The maximum absolute atomic E-state index is 6.70. The van der Waals surface area contributed by atoms with Gasteiger partial charge in [-0.05, 0) is 74.1 Å². The highest BCUT2D eigenvalue weighted by Gasteiger charge is 2.18. The zero-order valence-corrected chi connectivity index (χ0v) is 27.5. The summed E-state index contributed by atoms with van der Waals surface area (Å²) in [5.41, 5.74) is 8.80. The first-order valence-electron chi connectivity index (χ1n) is 17.1. The highest BCUT2D eigenvalue weighted by Crippen LogP contribution is 2.38. The van der Waals surface area contributed by atoms with E-state index in [4.69, 9.17) is 19.4 Å². The van der Waals surface area contributed by atoms with Gasteiger partial charge < -0.3 is 4.42 Å². The number of hydrogen-bond acceptors (Lipinski definition) is 4. The molecule has 2 aromatic heterocycles. The fourth-order valence-electron chi connectivity index (χ4n) is 7.05. The largest absolute Gasteiger partial charge is 0.455 e. The summed E-state index contributed by atoms with van der Waals surface area (Å²) < 4.78 is 6.70. The Morgan fingerprint density at radius 1 is 0.314 bits per heavy atom. The van der Waals surface area contributed by atoms with E-state index in [9.17, 15) is 0 Å². The minimum Gasteiger partial charge on any atom is -0.455 e. The lowest BCUT2D eigenvalue weighted by Gasteiger charge is -2.10. The minimum absolute atomic E-state index is 0.565. The molecule has 4 heteroatoms. The Bertz CT molecular complexity index is 2910. The topological polar surface area (TPSA) is 51.8 Å². The molecule has 0 aliphatic carbocycles. The number of nitrogens with zero attached hydrogens (tertiary/aromatic N) is 3. The van der Waals surface area contributed by atoms with Crippen molar-refractivity contribution >= 4 is 43.5 Å². The Hall–Kier alpha value is -6.91. The maximum atomic E-state index is 6.70. The SMILES string of the molecule is c1ccc(-c2ccc(-c3nc(-c4ccc5ccccc5c4)nc(-c4cccc5c4oc4cc(-c6ccc7ccccc7c6)ccc45)n3)cc2)cc1. The Morgan fingerprint density at radius 3 is 1.59 bits per heavy atom. The number of para-hydroxylation sites is 1. The Kier molecular flexibility index (Phi) is 6.78. The van der Waals surface area contributed by atoms with Gasteiger partial charge in [0.1, 0.15) is 11.2 Å². The van der Waals surface area contributed by atoms with E-state index in [2.05, 4.69) is 164 Å². The molecular weight excluding hydrogens is 623 g/mol. The van der Waals surface area contributed by atoms with E-state index in [0.29, 0.717) is 17.5 Å². The maximum Gasteiger partial charge on any atom is 0.167 e. The highest BCUT2D eigenvalue weighted by atomic mass is 16.3. The van der Waals surface area contributed by atoms with Crippen LogP contribution in [0.1, 0.15) is 0 Å². The molecule has 0 N–H and O–H groups in total.